The second-order valence-electron chi connectivity index (χ2n) is 12.7. The first-order valence-corrected chi connectivity index (χ1v) is 16.5. The van der Waals surface area contributed by atoms with Crippen molar-refractivity contribution < 1.29 is 4.74 Å². The molecule has 1 aromatic heterocycles. The van der Waals surface area contributed by atoms with Crippen molar-refractivity contribution in [1.82, 2.24) is 4.57 Å². The van der Waals surface area contributed by atoms with Gasteiger partial charge in [0, 0.05) is 51.0 Å². The van der Waals surface area contributed by atoms with Crippen molar-refractivity contribution in [1.29, 1.82) is 0 Å². The standard InChI is InChI=1S/C44H38N2O/c1-30-14-11-19-34(28-30)45-27-10-9-15-31(2)42-40(45)25-26-41-43(42)38-21-7-8-24-39(38)46(41)35-20-12-18-33(29-35)37-23-13-22-36(44(37)47-3)32-16-5-4-6-17-32/h4-13,15-28,30,33H,2,14,29H2,1,3H3/b15-9-,27-10-. The van der Waals surface area contributed by atoms with Gasteiger partial charge in [-0.2, -0.15) is 0 Å². The third-order valence-electron chi connectivity index (χ3n) is 9.65. The van der Waals surface area contributed by atoms with E-state index in [1.54, 1.807) is 7.11 Å². The number of methoxy groups -OCH3 is 1. The van der Waals surface area contributed by atoms with Crippen molar-refractivity contribution in [3.05, 3.63) is 169 Å². The van der Waals surface area contributed by atoms with E-state index in [0.29, 0.717) is 5.92 Å². The van der Waals surface area contributed by atoms with Gasteiger partial charge in [0.05, 0.1) is 23.8 Å². The quantitative estimate of drug-likeness (QED) is 0.197. The van der Waals surface area contributed by atoms with Gasteiger partial charge in [0.25, 0.3) is 0 Å². The van der Waals surface area contributed by atoms with Crippen LogP contribution in [0.4, 0.5) is 5.69 Å². The van der Waals surface area contributed by atoms with E-state index in [-0.39, 0.29) is 5.92 Å². The third-order valence-corrected chi connectivity index (χ3v) is 9.65. The maximum atomic E-state index is 6.12. The molecule has 3 aliphatic rings. The lowest BCUT2D eigenvalue weighted by molar-refractivity contribution is 0.409. The average molecular weight is 611 g/mol. The van der Waals surface area contributed by atoms with E-state index in [9.17, 15) is 0 Å². The molecule has 5 aromatic rings. The maximum Gasteiger partial charge on any atom is 0.130 e. The van der Waals surface area contributed by atoms with E-state index in [1.165, 1.54) is 44.3 Å². The number of ether oxygens (including phenoxy) is 1. The summed E-state index contributed by atoms with van der Waals surface area (Å²) in [5, 5.41) is 2.47. The number of hydrogen-bond acceptors (Lipinski definition) is 2. The van der Waals surface area contributed by atoms with Gasteiger partial charge in [-0.25, -0.2) is 0 Å². The molecular formula is C44H38N2O. The molecule has 2 atom stereocenters. The number of fused-ring (bicyclic) bond motifs is 5. The zero-order valence-electron chi connectivity index (χ0n) is 26.9. The molecule has 230 valence electrons. The summed E-state index contributed by atoms with van der Waals surface area (Å²) in [5.41, 5.74) is 11.7. The minimum atomic E-state index is 0.166. The van der Waals surface area contributed by atoms with Gasteiger partial charge in [0.1, 0.15) is 5.75 Å². The number of para-hydroxylation sites is 2. The van der Waals surface area contributed by atoms with E-state index in [2.05, 4.69) is 169 Å². The van der Waals surface area contributed by atoms with E-state index in [1.807, 2.05) is 0 Å². The highest BCUT2D eigenvalue weighted by atomic mass is 16.5. The predicted octanol–water partition coefficient (Wildman–Crippen LogP) is 11.4. The molecule has 4 aromatic carbocycles. The van der Waals surface area contributed by atoms with E-state index in [4.69, 9.17) is 4.74 Å². The van der Waals surface area contributed by atoms with Crippen LogP contribution in [0, 0.1) is 5.92 Å². The molecule has 0 radical (unpaired) electrons. The summed E-state index contributed by atoms with van der Waals surface area (Å²) in [6.07, 6.45) is 24.1. The number of allylic oxidation sites excluding steroid dienone is 11. The molecule has 2 unspecified atom stereocenters. The first-order chi connectivity index (χ1) is 23.1. The van der Waals surface area contributed by atoms with Gasteiger partial charge in [0.15, 0.2) is 0 Å². The number of hydrogen-bond donors (Lipinski definition) is 0. The Balaban J connectivity index is 1.28. The van der Waals surface area contributed by atoms with Crippen molar-refractivity contribution in [2.45, 2.75) is 25.7 Å². The monoisotopic (exact) mass is 610 g/mol. The summed E-state index contributed by atoms with van der Waals surface area (Å²) in [5.74, 6) is 1.60. The molecule has 1 aliphatic heterocycles. The predicted molar refractivity (Wildman–Crippen MR) is 199 cm³/mol. The van der Waals surface area contributed by atoms with Crippen molar-refractivity contribution >= 4 is 38.8 Å². The highest BCUT2D eigenvalue weighted by Crippen LogP contribution is 2.46. The Morgan fingerprint density at radius 1 is 0.830 bits per heavy atom. The van der Waals surface area contributed by atoms with Crippen LogP contribution in [0.2, 0.25) is 0 Å². The lowest BCUT2D eigenvalue weighted by Gasteiger charge is -2.29. The molecule has 0 bridgehead atoms. The topological polar surface area (TPSA) is 17.4 Å². The number of nitrogens with zero attached hydrogens (tertiary/aromatic N) is 2. The number of anilines is 1. The van der Waals surface area contributed by atoms with Gasteiger partial charge in [0.2, 0.25) is 0 Å². The SMILES string of the molecule is C=C1/C=C\C=C/N(C2=CC(C)CC=C2)c2ccc3c(c21)c1ccccc1n3C1=CC=CC(c2cccc(-c3ccccc3)c2OC)C1. The molecule has 2 heterocycles. The fraction of sp³-hybridized carbons (Fsp3) is 0.136. The molecule has 0 amide bonds. The van der Waals surface area contributed by atoms with Crippen LogP contribution in [0.1, 0.15) is 36.8 Å². The van der Waals surface area contributed by atoms with E-state index in [0.717, 1.165) is 41.0 Å². The van der Waals surface area contributed by atoms with E-state index < -0.39 is 0 Å². The highest BCUT2D eigenvalue weighted by molar-refractivity contribution is 6.17. The summed E-state index contributed by atoms with van der Waals surface area (Å²) < 4.78 is 8.58. The molecule has 2 aliphatic carbocycles. The van der Waals surface area contributed by atoms with Crippen LogP contribution in [0.15, 0.2) is 158 Å². The first kappa shape index (κ1) is 28.9. The molecule has 0 spiro atoms. The minimum Gasteiger partial charge on any atom is -0.496 e. The maximum absolute atomic E-state index is 6.12. The van der Waals surface area contributed by atoms with Gasteiger partial charge < -0.3 is 14.2 Å². The number of benzene rings is 4. The van der Waals surface area contributed by atoms with Crippen LogP contribution < -0.4 is 9.64 Å². The Morgan fingerprint density at radius 3 is 2.53 bits per heavy atom. The summed E-state index contributed by atoms with van der Waals surface area (Å²) in [6.45, 7) is 6.88. The molecule has 0 N–H and O–H groups in total. The van der Waals surface area contributed by atoms with Gasteiger partial charge in [-0.15, -0.1) is 0 Å². The zero-order chi connectivity index (χ0) is 31.9. The van der Waals surface area contributed by atoms with Crippen molar-refractivity contribution in [3.8, 4) is 16.9 Å². The summed E-state index contributed by atoms with van der Waals surface area (Å²) in [6, 6.07) is 30.4. The van der Waals surface area contributed by atoms with Crippen LogP contribution in [-0.4, -0.2) is 11.7 Å². The van der Waals surface area contributed by atoms with E-state index >= 15 is 0 Å². The van der Waals surface area contributed by atoms with Crippen molar-refractivity contribution in [3.63, 3.8) is 0 Å². The summed E-state index contributed by atoms with van der Waals surface area (Å²) in [4.78, 5) is 2.33. The first-order valence-electron chi connectivity index (χ1n) is 16.5. The summed E-state index contributed by atoms with van der Waals surface area (Å²) >= 11 is 0. The lowest BCUT2D eigenvalue weighted by atomic mass is 9.87. The molecule has 3 nitrogen and oxygen atoms in total. The molecule has 47 heavy (non-hydrogen) atoms. The second-order valence-corrected chi connectivity index (χ2v) is 12.7. The Labute approximate surface area is 277 Å². The van der Waals surface area contributed by atoms with Crippen molar-refractivity contribution in [2.75, 3.05) is 12.0 Å². The Kier molecular flexibility index (Phi) is 7.38. The van der Waals surface area contributed by atoms with Crippen LogP contribution in [-0.2, 0) is 0 Å². The Bertz CT molecular complexity index is 2220. The van der Waals surface area contributed by atoms with Crippen LogP contribution in [0.25, 0.3) is 44.2 Å². The molecular weight excluding hydrogens is 572 g/mol. The Hall–Kier alpha value is -5.54. The smallest absolute Gasteiger partial charge is 0.130 e. The minimum absolute atomic E-state index is 0.166. The zero-order valence-corrected chi connectivity index (χ0v) is 26.9. The van der Waals surface area contributed by atoms with Gasteiger partial charge in [-0.05, 0) is 66.3 Å². The molecule has 8 rings (SSSR count). The van der Waals surface area contributed by atoms with Crippen LogP contribution in [0.5, 0.6) is 5.75 Å². The third kappa shape index (κ3) is 4.99. The molecule has 3 heteroatoms. The van der Waals surface area contributed by atoms with Crippen LogP contribution >= 0.6 is 0 Å². The lowest BCUT2D eigenvalue weighted by Crippen LogP contribution is -2.18. The fourth-order valence-electron chi connectivity index (χ4n) is 7.52. The average Bonchev–Trinajstić information content (AvgIpc) is 3.45. The van der Waals surface area contributed by atoms with Gasteiger partial charge in [-0.3, -0.25) is 0 Å². The van der Waals surface area contributed by atoms with Crippen LogP contribution in [0.3, 0.4) is 0 Å². The normalized spacial score (nSPS) is 20.4. The fourth-order valence-corrected chi connectivity index (χ4v) is 7.52. The number of rotatable bonds is 5. The molecule has 0 saturated carbocycles. The molecule has 0 fully saturated rings. The largest absolute Gasteiger partial charge is 0.496 e. The van der Waals surface area contributed by atoms with Crippen molar-refractivity contribution in [2.24, 2.45) is 5.92 Å². The highest BCUT2D eigenvalue weighted by Gasteiger charge is 2.26. The van der Waals surface area contributed by atoms with Gasteiger partial charge in [-0.1, -0.05) is 117 Å². The summed E-state index contributed by atoms with van der Waals surface area (Å²) in [7, 11) is 1.79. The number of aromatic nitrogens is 1. The molecule has 0 saturated heterocycles. The Morgan fingerprint density at radius 2 is 1.68 bits per heavy atom. The second kappa shape index (κ2) is 12.0. The van der Waals surface area contributed by atoms with Gasteiger partial charge >= 0.3 is 0 Å².